The molecule has 0 saturated carbocycles. The van der Waals surface area contributed by atoms with Crippen molar-refractivity contribution >= 4 is 5.69 Å². The first-order chi connectivity index (χ1) is 9.01. The van der Waals surface area contributed by atoms with Crippen LogP contribution in [0.5, 0.6) is 5.75 Å². The third-order valence-corrected chi connectivity index (χ3v) is 2.96. The molecule has 2 aromatic rings. The van der Waals surface area contributed by atoms with Crippen LogP contribution in [0.3, 0.4) is 0 Å². The molecule has 100 valence electrons. The van der Waals surface area contributed by atoms with E-state index in [0.717, 1.165) is 11.3 Å². The first-order valence-electron chi connectivity index (χ1n) is 5.98. The number of nitrogens with two attached hydrogens (primary N) is 1. The van der Waals surface area contributed by atoms with Crippen molar-refractivity contribution < 1.29 is 4.74 Å². The summed E-state index contributed by atoms with van der Waals surface area (Å²) in [6.45, 7) is 4.08. The van der Waals surface area contributed by atoms with Gasteiger partial charge in [0.05, 0.1) is 19.3 Å². The molecular weight excluding hydrogens is 242 g/mol. The summed E-state index contributed by atoms with van der Waals surface area (Å²) < 4.78 is 6.73. The first-order valence-corrected chi connectivity index (χ1v) is 5.98. The predicted molar refractivity (Wildman–Crippen MR) is 74.5 cm³/mol. The molecule has 0 amide bonds. The fourth-order valence-electron chi connectivity index (χ4n) is 2.02. The van der Waals surface area contributed by atoms with Crippen molar-refractivity contribution in [3.05, 3.63) is 51.7 Å². The van der Waals surface area contributed by atoms with Crippen molar-refractivity contribution in [2.75, 3.05) is 12.8 Å². The highest BCUT2D eigenvalue weighted by Crippen LogP contribution is 2.22. The average Bonchev–Trinajstić information content (AvgIpc) is 2.34. The Bertz CT molecular complexity index is 662. The third-order valence-electron chi connectivity index (χ3n) is 2.96. The molecule has 1 aromatic heterocycles. The van der Waals surface area contributed by atoms with Gasteiger partial charge in [0.1, 0.15) is 11.6 Å². The van der Waals surface area contributed by atoms with Crippen LogP contribution >= 0.6 is 0 Å². The van der Waals surface area contributed by atoms with Crippen molar-refractivity contribution in [2.24, 2.45) is 0 Å². The molecule has 0 unspecified atom stereocenters. The van der Waals surface area contributed by atoms with E-state index < -0.39 is 0 Å². The van der Waals surface area contributed by atoms with Crippen LogP contribution in [0.15, 0.2) is 29.1 Å². The summed E-state index contributed by atoms with van der Waals surface area (Å²) in [6.07, 6.45) is 0. The van der Waals surface area contributed by atoms with E-state index in [-0.39, 0.29) is 5.56 Å². The van der Waals surface area contributed by atoms with Gasteiger partial charge in [0.25, 0.3) is 5.56 Å². The lowest BCUT2D eigenvalue weighted by molar-refractivity contribution is 0.417. The van der Waals surface area contributed by atoms with E-state index >= 15 is 0 Å². The molecule has 0 atom stereocenters. The lowest BCUT2D eigenvalue weighted by Gasteiger charge is -2.11. The van der Waals surface area contributed by atoms with Crippen LogP contribution in [0, 0.1) is 13.8 Å². The van der Waals surface area contributed by atoms with Crippen LogP contribution in [0.1, 0.15) is 17.1 Å². The van der Waals surface area contributed by atoms with Crippen LogP contribution in [-0.2, 0) is 6.54 Å². The largest absolute Gasteiger partial charge is 0.495 e. The molecule has 2 N–H and O–H groups in total. The number of aryl methyl sites for hydroxylation is 2. The van der Waals surface area contributed by atoms with Gasteiger partial charge in [-0.3, -0.25) is 9.36 Å². The Labute approximate surface area is 111 Å². The van der Waals surface area contributed by atoms with E-state index in [1.54, 1.807) is 17.7 Å². The van der Waals surface area contributed by atoms with E-state index in [9.17, 15) is 4.79 Å². The minimum absolute atomic E-state index is 0.0561. The molecule has 0 aliphatic carbocycles. The molecule has 0 radical (unpaired) electrons. The SMILES string of the molecule is COc1ccc(Cn2c(C)nc(C)cc2=O)cc1N. The number of rotatable bonds is 3. The first kappa shape index (κ1) is 13.1. The lowest BCUT2D eigenvalue weighted by atomic mass is 10.2. The fraction of sp³-hybridized carbons (Fsp3) is 0.286. The Hall–Kier alpha value is -2.30. The number of benzene rings is 1. The molecule has 2 rings (SSSR count). The summed E-state index contributed by atoms with van der Waals surface area (Å²) >= 11 is 0. The quantitative estimate of drug-likeness (QED) is 0.848. The number of nitrogens with zero attached hydrogens (tertiary/aromatic N) is 2. The molecule has 0 aliphatic rings. The Morgan fingerprint density at radius 3 is 2.63 bits per heavy atom. The Morgan fingerprint density at radius 1 is 1.32 bits per heavy atom. The maximum absolute atomic E-state index is 11.9. The molecule has 5 heteroatoms. The van der Waals surface area contributed by atoms with Crippen LogP contribution < -0.4 is 16.0 Å². The summed E-state index contributed by atoms with van der Waals surface area (Å²) in [6, 6.07) is 7.03. The Balaban J connectivity index is 2.37. The van der Waals surface area contributed by atoms with Crippen LogP contribution in [0.25, 0.3) is 0 Å². The maximum atomic E-state index is 11.9. The molecule has 0 aliphatic heterocycles. The number of hydrogen-bond donors (Lipinski definition) is 1. The minimum atomic E-state index is -0.0561. The van der Waals surface area contributed by atoms with Crippen LogP contribution in [-0.4, -0.2) is 16.7 Å². The Morgan fingerprint density at radius 2 is 2.05 bits per heavy atom. The second-order valence-corrected chi connectivity index (χ2v) is 4.45. The van der Waals surface area contributed by atoms with E-state index in [1.165, 1.54) is 6.07 Å². The molecule has 5 nitrogen and oxygen atoms in total. The van der Waals surface area contributed by atoms with Gasteiger partial charge < -0.3 is 10.5 Å². The van der Waals surface area contributed by atoms with Gasteiger partial charge in [-0.1, -0.05) is 6.07 Å². The standard InChI is InChI=1S/C14H17N3O2/c1-9-6-14(18)17(10(2)16-9)8-11-4-5-13(19-3)12(15)7-11/h4-7H,8,15H2,1-3H3. The number of nitrogen functional groups attached to an aromatic ring is 1. The average molecular weight is 259 g/mol. The topological polar surface area (TPSA) is 70.1 Å². The fourth-order valence-corrected chi connectivity index (χ4v) is 2.02. The van der Waals surface area contributed by atoms with Gasteiger partial charge >= 0.3 is 0 Å². The lowest BCUT2D eigenvalue weighted by Crippen LogP contribution is -2.24. The molecule has 0 bridgehead atoms. The number of anilines is 1. The maximum Gasteiger partial charge on any atom is 0.254 e. The van der Waals surface area contributed by atoms with E-state index in [4.69, 9.17) is 10.5 Å². The second kappa shape index (κ2) is 5.14. The van der Waals surface area contributed by atoms with Gasteiger partial charge in [-0.2, -0.15) is 0 Å². The molecule has 1 aromatic carbocycles. The van der Waals surface area contributed by atoms with Gasteiger partial charge in [-0.15, -0.1) is 0 Å². The summed E-state index contributed by atoms with van der Waals surface area (Å²) in [5, 5.41) is 0. The number of methoxy groups -OCH3 is 1. The minimum Gasteiger partial charge on any atom is -0.495 e. The Kier molecular flexibility index (Phi) is 3.55. The zero-order valence-corrected chi connectivity index (χ0v) is 11.3. The zero-order valence-electron chi connectivity index (χ0n) is 11.3. The van der Waals surface area contributed by atoms with Crippen LogP contribution in [0.4, 0.5) is 5.69 Å². The number of aromatic nitrogens is 2. The van der Waals surface area contributed by atoms with Crippen molar-refractivity contribution in [1.29, 1.82) is 0 Å². The van der Waals surface area contributed by atoms with Crippen molar-refractivity contribution in [1.82, 2.24) is 9.55 Å². The molecule has 0 spiro atoms. The number of hydrogen-bond acceptors (Lipinski definition) is 4. The molecule has 19 heavy (non-hydrogen) atoms. The summed E-state index contributed by atoms with van der Waals surface area (Å²) in [5.41, 5.74) is 8.03. The highest BCUT2D eigenvalue weighted by molar-refractivity contribution is 5.54. The van der Waals surface area contributed by atoms with E-state index in [0.29, 0.717) is 23.8 Å². The summed E-state index contributed by atoms with van der Waals surface area (Å²) in [7, 11) is 1.57. The van der Waals surface area contributed by atoms with Crippen molar-refractivity contribution in [3.8, 4) is 5.75 Å². The van der Waals surface area contributed by atoms with Gasteiger partial charge in [-0.25, -0.2) is 4.98 Å². The molecule has 1 heterocycles. The monoisotopic (exact) mass is 259 g/mol. The third kappa shape index (κ3) is 2.76. The van der Waals surface area contributed by atoms with Crippen molar-refractivity contribution in [2.45, 2.75) is 20.4 Å². The normalized spacial score (nSPS) is 10.5. The van der Waals surface area contributed by atoms with E-state index in [2.05, 4.69) is 4.98 Å². The van der Waals surface area contributed by atoms with Gasteiger partial charge in [0, 0.05) is 11.8 Å². The molecule has 0 saturated heterocycles. The van der Waals surface area contributed by atoms with Gasteiger partial charge in [0.15, 0.2) is 0 Å². The summed E-state index contributed by atoms with van der Waals surface area (Å²) in [5.74, 6) is 1.33. The molecule has 0 fully saturated rings. The molecular formula is C14H17N3O2. The highest BCUT2D eigenvalue weighted by atomic mass is 16.5. The van der Waals surface area contributed by atoms with Crippen LogP contribution in [0.2, 0.25) is 0 Å². The predicted octanol–water partition coefficient (Wildman–Crippen LogP) is 1.50. The van der Waals surface area contributed by atoms with Gasteiger partial charge in [0.2, 0.25) is 0 Å². The van der Waals surface area contributed by atoms with E-state index in [1.807, 2.05) is 26.0 Å². The second-order valence-electron chi connectivity index (χ2n) is 4.45. The smallest absolute Gasteiger partial charge is 0.254 e. The zero-order chi connectivity index (χ0) is 14.0. The van der Waals surface area contributed by atoms with Gasteiger partial charge in [-0.05, 0) is 31.5 Å². The summed E-state index contributed by atoms with van der Waals surface area (Å²) in [4.78, 5) is 16.2. The number of ether oxygens (including phenoxy) is 1. The van der Waals surface area contributed by atoms with Crippen molar-refractivity contribution in [3.63, 3.8) is 0 Å². The highest BCUT2D eigenvalue weighted by Gasteiger charge is 2.06.